The third kappa shape index (κ3) is 3.50. The number of aryl methyl sites for hydroxylation is 1. The Bertz CT molecular complexity index is 974. The van der Waals surface area contributed by atoms with Crippen molar-refractivity contribution in [2.75, 3.05) is 12.4 Å². The third-order valence-electron chi connectivity index (χ3n) is 4.81. The standard InChI is InChI=1S/C19H18ClN5O2/c1-27-14-7-5-12-3-2-4-15(16(12)10-14)19(26)22-18-9-13(6-8-17(18)20)25-11-21-23-24-25/h5-11,15H,2-4H2,1H3,(H,22,26). The molecular weight excluding hydrogens is 366 g/mol. The predicted octanol–water partition coefficient (Wildman–Crippen LogP) is 3.38. The zero-order valence-corrected chi connectivity index (χ0v) is 15.5. The number of aromatic nitrogens is 4. The van der Waals surface area contributed by atoms with Gasteiger partial charge in [-0.25, -0.2) is 4.68 Å². The molecule has 0 spiro atoms. The molecule has 7 nitrogen and oxygen atoms in total. The Balaban J connectivity index is 1.61. The van der Waals surface area contributed by atoms with Gasteiger partial charge in [0.25, 0.3) is 0 Å². The van der Waals surface area contributed by atoms with Gasteiger partial charge in [0.15, 0.2) is 0 Å². The summed E-state index contributed by atoms with van der Waals surface area (Å²) < 4.78 is 6.84. The summed E-state index contributed by atoms with van der Waals surface area (Å²) in [4.78, 5) is 13.0. The van der Waals surface area contributed by atoms with Gasteiger partial charge in [0.2, 0.25) is 5.91 Å². The van der Waals surface area contributed by atoms with E-state index in [1.54, 1.807) is 25.3 Å². The molecule has 2 aromatic carbocycles. The summed E-state index contributed by atoms with van der Waals surface area (Å²) in [7, 11) is 1.63. The number of carbonyl (C=O) groups is 1. The van der Waals surface area contributed by atoms with Gasteiger partial charge < -0.3 is 10.1 Å². The summed E-state index contributed by atoms with van der Waals surface area (Å²) >= 11 is 6.29. The fourth-order valence-electron chi connectivity index (χ4n) is 3.43. The minimum absolute atomic E-state index is 0.0834. The lowest BCUT2D eigenvalue weighted by Crippen LogP contribution is -2.25. The number of nitrogens with zero attached hydrogens (tertiary/aromatic N) is 4. The van der Waals surface area contributed by atoms with Crippen LogP contribution in [0, 0.1) is 0 Å². The smallest absolute Gasteiger partial charge is 0.231 e. The molecule has 1 N–H and O–H groups in total. The maximum atomic E-state index is 13.0. The van der Waals surface area contributed by atoms with Crippen LogP contribution in [-0.4, -0.2) is 33.2 Å². The second-order valence-corrected chi connectivity index (χ2v) is 6.82. The lowest BCUT2D eigenvalue weighted by molar-refractivity contribution is -0.117. The number of halogens is 1. The Morgan fingerprint density at radius 3 is 2.96 bits per heavy atom. The zero-order chi connectivity index (χ0) is 18.8. The van der Waals surface area contributed by atoms with Crippen molar-refractivity contribution in [1.82, 2.24) is 20.2 Å². The number of methoxy groups -OCH3 is 1. The number of hydrogen-bond donors (Lipinski definition) is 1. The van der Waals surface area contributed by atoms with E-state index in [1.165, 1.54) is 16.6 Å². The number of anilines is 1. The SMILES string of the molecule is COc1ccc2c(c1)C(C(=O)Nc1cc(-n3cnnn3)ccc1Cl)CCC2. The van der Waals surface area contributed by atoms with Crippen LogP contribution in [0.25, 0.3) is 5.69 Å². The molecule has 1 amide bonds. The lowest BCUT2D eigenvalue weighted by atomic mass is 9.82. The Labute approximate surface area is 161 Å². The molecule has 0 aliphatic heterocycles. The maximum absolute atomic E-state index is 13.0. The van der Waals surface area contributed by atoms with Crippen molar-refractivity contribution in [3.05, 3.63) is 58.9 Å². The topological polar surface area (TPSA) is 81.9 Å². The van der Waals surface area contributed by atoms with E-state index < -0.39 is 0 Å². The van der Waals surface area contributed by atoms with Gasteiger partial charge in [-0.05, 0) is 71.1 Å². The van der Waals surface area contributed by atoms with Crippen molar-refractivity contribution in [1.29, 1.82) is 0 Å². The first-order valence-electron chi connectivity index (χ1n) is 8.66. The maximum Gasteiger partial charge on any atom is 0.231 e. The Hall–Kier alpha value is -2.93. The summed E-state index contributed by atoms with van der Waals surface area (Å²) in [5.74, 6) is 0.434. The first kappa shape index (κ1) is 17.5. The molecular formula is C19H18ClN5O2. The van der Waals surface area contributed by atoms with Crippen molar-refractivity contribution in [3.8, 4) is 11.4 Å². The summed E-state index contributed by atoms with van der Waals surface area (Å²) in [5, 5.41) is 14.5. The van der Waals surface area contributed by atoms with Crippen LogP contribution in [0.4, 0.5) is 5.69 Å². The molecule has 1 atom stereocenters. The predicted molar refractivity (Wildman–Crippen MR) is 101 cm³/mol. The molecule has 27 heavy (non-hydrogen) atoms. The van der Waals surface area contributed by atoms with Gasteiger partial charge in [0.05, 0.1) is 29.4 Å². The molecule has 1 aromatic heterocycles. The van der Waals surface area contributed by atoms with Crippen LogP contribution in [0.15, 0.2) is 42.7 Å². The van der Waals surface area contributed by atoms with Crippen LogP contribution in [0.5, 0.6) is 5.75 Å². The van der Waals surface area contributed by atoms with Crippen LogP contribution in [0.2, 0.25) is 5.02 Å². The highest BCUT2D eigenvalue weighted by molar-refractivity contribution is 6.33. The van der Waals surface area contributed by atoms with E-state index in [4.69, 9.17) is 16.3 Å². The van der Waals surface area contributed by atoms with E-state index in [1.807, 2.05) is 18.2 Å². The fraction of sp³-hybridized carbons (Fsp3) is 0.263. The van der Waals surface area contributed by atoms with E-state index in [0.29, 0.717) is 16.4 Å². The van der Waals surface area contributed by atoms with E-state index in [2.05, 4.69) is 20.8 Å². The molecule has 8 heteroatoms. The molecule has 1 aliphatic carbocycles. The molecule has 1 unspecified atom stereocenters. The van der Waals surface area contributed by atoms with Crippen LogP contribution in [-0.2, 0) is 11.2 Å². The van der Waals surface area contributed by atoms with Gasteiger partial charge in [-0.1, -0.05) is 17.7 Å². The first-order chi connectivity index (χ1) is 13.2. The van der Waals surface area contributed by atoms with Crippen molar-refractivity contribution in [2.24, 2.45) is 0 Å². The molecule has 0 fully saturated rings. The normalized spacial score (nSPS) is 15.9. The van der Waals surface area contributed by atoms with E-state index in [9.17, 15) is 4.79 Å². The lowest BCUT2D eigenvalue weighted by Gasteiger charge is -2.25. The highest BCUT2D eigenvalue weighted by Gasteiger charge is 2.27. The number of fused-ring (bicyclic) bond motifs is 1. The van der Waals surface area contributed by atoms with Crippen LogP contribution < -0.4 is 10.1 Å². The van der Waals surface area contributed by atoms with Gasteiger partial charge in [-0.3, -0.25) is 4.79 Å². The van der Waals surface area contributed by atoms with Gasteiger partial charge in [-0.2, -0.15) is 0 Å². The monoisotopic (exact) mass is 383 g/mol. The number of amides is 1. The van der Waals surface area contributed by atoms with Gasteiger partial charge in [0.1, 0.15) is 12.1 Å². The summed E-state index contributed by atoms with van der Waals surface area (Å²) in [6.07, 6.45) is 4.21. The summed E-state index contributed by atoms with van der Waals surface area (Å²) in [5.41, 5.74) is 3.46. The van der Waals surface area contributed by atoms with Gasteiger partial charge in [0, 0.05) is 0 Å². The van der Waals surface area contributed by atoms with Crippen LogP contribution in [0.1, 0.15) is 29.9 Å². The summed E-state index contributed by atoms with van der Waals surface area (Å²) in [6, 6.07) is 11.2. The van der Waals surface area contributed by atoms with Gasteiger partial charge >= 0.3 is 0 Å². The molecule has 4 rings (SSSR count). The van der Waals surface area contributed by atoms with Crippen molar-refractivity contribution >= 4 is 23.2 Å². The Morgan fingerprint density at radius 1 is 1.30 bits per heavy atom. The molecule has 138 valence electrons. The second-order valence-electron chi connectivity index (χ2n) is 6.42. The number of tetrazole rings is 1. The molecule has 3 aromatic rings. The Morgan fingerprint density at radius 2 is 2.19 bits per heavy atom. The van der Waals surface area contributed by atoms with Crippen LogP contribution in [0.3, 0.4) is 0 Å². The van der Waals surface area contributed by atoms with Gasteiger partial charge in [-0.15, -0.1) is 5.10 Å². The molecule has 0 bridgehead atoms. The number of hydrogen-bond acceptors (Lipinski definition) is 5. The fourth-order valence-corrected chi connectivity index (χ4v) is 3.59. The molecule has 1 aliphatic rings. The Kier molecular flexibility index (Phi) is 4.77. The number of rotatable bonds is 4. The quantitative estimate of drug-likeness (QED) is 0.746. The highest BCUT2D eigenvalue weighted by Crippen LogP contribution is 2.35. The molecule has 1 heterocycles. The van der Waals surface area contributed by atoms with E-state index in [0.717, 1.165) is 30.6 Å². The molecule has 0 saturated heterocycles. The third-order valence-corrected chi connectivity index (χ3v) is 5.13. The zero-order valence-electron chi connectivity index (χ0n) is 14.7. The summed E-state index contributed by atoms with van der Waals surface area (Å²) in [6.45, 7) is 0. The molecule has 0 saturated carbocycles. The largest absolute Gasteiger partial charge is 0.497 e. The van der Waals surface area contributed by atoms with Crippen molar-refractivity contribution < 1.29 is 9.53 Å². The minimum atomic E-state index is -0.239. The van der Waals surface area contributed by atoms with E-state index in [-0.39, 0.29) is 11.8 Å². The van der Waals surface area contributed by atoms with Crippen molar-refractivity contribution in [2.45, 2.75) is 25.2 Å². The number of carbonyl (C=O) groups excluding carboxylic acids is 1. The van der Waals surface area contributed by atoms with Crippen molar-refractivity contribution in [3.63, 3.8) is 0 Å². The minimum Gasteiger partial charge on any atom is -0.497 e. The highest BCUT2D eigenvalue weighted by atomic mass is 35.5. The average Bonchev–Trinajstić information content (AvgIpc) is 3.23. The average molecular weight is 384 g/mol. The van der Waals surface area contributed by atoms with E-state index >= 15 is 0 Å². The van der Waals surface area contributed by atoms with Crippen LogP contribution >= 0.6 is 11.6 Å². The first-order valence-corrected chi connectivity index (χ1v) is 9.04. The second kappa shape index (κ2) is 7.36. The number of ether oxygens (including phenoxy) is 1. The molecule has 0 radical (unpaired) electrons. The number of nitrogens with one attached hydrogen (secondary N) is 1. The number of benzene rings is 2.